The molecule has 2 aromatic rings. The fourth-order valence-corrected chi connectivity index (χ4v) is 1.83. The lowest BCUT2D eigenvalue weighted by Crippen LogP contribution is -2.32. The summed E-state index contributed by atoms with van der Waals surface area (Å²) in [5.74, 6) is -0.277. The molecule has 19 heavy (non-hydrogen) atoms. The van der Waals surface area contributed by atoms with Crippen molar-refractivity contribution in [3.63, 3.8) is 0 Å². The zero-order chi connectivity index (χ0) is 13.5. The number of aromatic nitrogens is 1. The van der Waals surface area contributed by atoms with E-state index in [1.54, 1.807) is 12.4 Å². The molecule has 1 N–H and O–H groups in total. The van der Waals surface area contributed by atoms with E-state index in [4.69, 9.17) is 4.74 Å². The predicted octanol–water partition coefficient (Wildman–Crippen LogP) is 2.28. The minimum absolute atomic E-state index is 0.277. The lowest BCUT2D eigenvalue weighted by Gasteiger charge is -2.17. The first kappa shape index (κ1) is 13.1. The van der Waals surface area contributed by atoms with Gasteiger partial charge in [0.2, 0.25) is 0 Å². The Labute approximate surface area is 112 Å². The largest absolute Gasteiger partial charge is 0.467 e. The Kier molecular flexibility index (Phi) is 4.50. The molecule has 1 atom stereocenters. The quantitative estimate of drug-likeness (QED) is 0.834. The van der Waals surface area contributed by atoms with Gasteiger partial charge in [-0.05, 0) is 17.7 Å². The normalized spacial score (nSPS) is 11.6. The van der Waals surface area contributed by atoms with Gasteiger partial charge in [0.05, 0.1) is 7.11 Å². The number of hydrogen-bond acceptors (Lipinski definition) is 4. The third-order valence-electron chi connectivity index (χ3n) is 2.79. The lowest BCUT2D eigenvalue weighted by atomic mass is 10.1. The number of hydrogen-bond donors (Lipinski definition) is 1. The molecule has 0 unspecified atom stereocenters. The lowest BCUT2D eigenvalue weighted by molar-refractivity contribution is -0.141. The molecule has 0 aliphatic rings. The average molecular weight is 256 g/mol. The van der Waals surface area contributed by atoms with Crippen LogP contribution in [0.4, 0.5) is 5.69 Å². The van der Waals surface area contributed by atoms with Crippen LogP contribution < -0.4 is 5.32 Å². The van der Waals surface area contributed by atoms with Crippen LogP contribution >= 0.6 is 0 Å². The van der Waals surface area contributed by atoms with E-state index in [9.17, 15) is 4.79 Å². The van der Waals surface area contributed by atoms with E-state index in [0.29, 0.717) is 6.42 Å². The summed E-state index contributed by atoms with van der Waals surface area (Å²) in [6.07, 6.45) is 3.94. The molecular formula is C15H16N2O2. The van der Waals surface area contributed by atoms with E-state index in [1.165, 1.54) is 7.11 Å². The Bertz CT molecular complexity index is 473. The molecule has 0 amide bonds. The molecule has 0 bridgehead atoms. The predicted molar refractivity (Wildman–Crippen MR) is 73.8 cm³/mol. The van der Waals surface area contributed by atoms with Gasteiger partial charge in [-0.3, -0.25) is 4.98 Å². The maximum Gasteiger partial charge on any atom is 0.328 e. The number of benzene rings is 1. The maximum absolute atomic E-state index is 11.8. The summed E-state index contributed by atoms with van der Waals surface area (Å²) in [4.78, 5) is 15.8. The number of nitrogens with one attached hydrogen (secondary N) is 1. The second-order valence-electron chi connectivity index (χ2n) is 4.15. The topological polar surface area (TPSA) is 51.2 Å². The Morgan fingerprint density at radius 3 is 2.53 bits per heavy atom. The highest BCUT2D eigenvalue weighted by atomic mass is 16.5. The zero-order valence-electron chi connectivity index (χ0n) is 10.7. The molecule has 4 nitrogen and oxygen atoms in total. The molecule has 1 aromatic heterocycles. The number of pyridine rings is 1. The SMILES string of the molecule is COC(=O)[C@H](Cc1ccccc1)Nc1ccncc1. The molecule has 0 spiro atoms. The van der Waals surface area contributed by atoms with Gasteiger partial charge in [0.25, 0.3) is 0 Å². The van der Waals surface area contributed by atoms with Gasteiger partial charge in [-0.2, -0.15) is 0 Å². The van der Waals surface area contributed by atoms with E-state index in [-0.39, 0.29) is 5.97 Å². The van der Waals surface area contributed by atoms with Gasteiger partial charge in [0, 0.05) is 24.5 Å². The summed E-state index contributed by atoms with van der Waals surface area (Å²) in [7, 11) is 1.40. The highest BCUT2D eigenvalue weighted by molar-refractivity contribution is 5.79. The standard InChI is InChI=1S/C15H16N2O2/c1-19-15(18)14(11-12-5-3-2-4-6-12)17-13-7-9-16-10-8-13/h2-10,14H,11H2,1H3,(H,16,17)/t14-/m0/s1. The Hall–Kier alpha value is -2.36. The average Bonchev–Trinajstić information content (AvgIpc) is 2.48. The smallest absolute Gasteiger partial charge is 0.328 e. The van der Waals surface area contributed by atoms with Crippen LogP contribution in [0.25, 0.3) is 0 Å². The van der Waals surface area contributed by atoms with E-state index < -0.39 is 6.04 Å². The third-order valence-corrected chi connectivity index (χ3v) is 2.79. The highest BCUT2D eigenvalue weighted by Crippen LogP contribution is 2.11. The summed E-state index contributed by atoms with van der Waals surface area (Å²) in [6.45, 7) is 0. The molecule has 0 fully saturated rings. The second-order valence-corrected chi connectivity index (χ2v) is 4.15. The van der Waals surface area contributed by atoms with Crippen molar-refractivity contribution in [1.29, 1.82) is 0 Å². The first-order valence-corrected chi connectivity index (χ1v) is 6.08. The Morgan fingerprint density at radius 2 is 1.89 bits per heavy atom. The molecule has 1 aromatic carbocycles. The summed E-state index contributed by atoms with van der Waals surface area (Å²) in [6, 6.07) is 13.1. The van der Waals surface area contributed by atoms with Crippen molar-refractivity contribution in [1.82, 2.24) is 4.98 Å². The van der Waals surface area contributed by atoms with Gasteiger partial charge >= 0.3 is 5.97 Å². The van der Waals surface area contributed by atoms with Gasteiger partial charge in [-0.15, -0.1) is 0 Å². The number of methoxy groups -OCH3 is 1. The van der Waals surface area contributed by atoms with Crippen molar-refractivity contribution in [2.75, 3.05) is 12.4 Å². The van der Waals surface area contributed by atoms with Crippen molar-refractivity contribution >= 4 is 11.7 Å². The summed E-state index contributed by atoms with van der Waals surface area (Å²) in [5.41, 5.74) is 1.93. The maximum atomic E-state index is 11.8. The van der Waals surface area contributed by atoms with E-state index in [2.05, 4.69) is 10.3 Å². The summed E-state index contributed by atoms with van der Waals surface area (Å²) in [5, 5.41) is 3.16. The van der Waals surface area contributed by atoms with Crippen LogP contribution in [0.5, 0.6) is 0 Å². The zero-order valence-corrected chi connectivity index (χ0v) is 10.7. The van der Waals surface area contributed by atoms with Crippen molar-refractivity contribution in [2.24, 2.45) is 0 Å². The molecule has 2 rings (SSSR count). The van der Waals surface area contributed by atoms with Crippen molar-refractivity contribution in [3.8, 4) is 0 Å². The van der Waals surface area contributed by atoms with Crippen LogP contribution in [-0.4, -0.2) is 24.1 Å². The third kappa shape index (κ3) is 3.81. The Balaban J connectivity index is 2.10. The van der Waals surface area contributed by atoms with Gasteiger partial charge < -0.3 is 10.1 Å². The summed E-state index contributed by atoms with van der Waals surface area (Å²) >= 11 is 0. The monoisotopic (exact) mass is 256 g/mol. The minimum atomic E-state index is -0.408. The molecule has 0 saturated heterocycles. The minimum Gasteiger partial charge on any atom is -0.467 e. The van der Waals surface area contributed by atoms with Crippen molar-refractivity contribution in [2.45, 2.75) is 12.5 Å². The van der Waals surface area contributed by atoms with Crippen molar-refractivity contribution in [3.05, 3.63) is 60.4 Å². The first-order valence-electron chi connectivity index (χ1n) is 6.08. The number of ether oxygens (including phenoxy) is 1. The molecule has 0 aliphatic heterocycles. The van der Waals surface area contributed by atoms with E-state index in [0.717, 1.165) is 11.3 Å². The summed E-state index contributed by atoms with van der Waals surface area (Å²) < 4.78 is 4.84. The van der Waals surface area contributed by atoms with Crippen molar-refractivity contribution < 1.29 is 9.53 Å². The molecule has 0 radical (unpaired) electrons. The van der Waals surface area contributed by atoms with Crippen LogP contribution in [0.1, 0.15) is 5.56 Å². The molecule has 0 aliphatic carbocycles. The van der Waals surface area contributed by atoms with Crippen LogP contribution in [-0.2, 0) is 16.0 Å². The molecule has 0 saturated carbocycles. The first-order chi connectivity index (χ1) is 9.29. The highest BCUT2D eigenvalue weighted by Gasteiger charge is 2.19. The Morgan fingerprint density at radius 1 is 1.21 bits per heavy atom. The van der Waals surface area contributed by atoms with Crippen LogP contribution in [0.15, 0.2) is 54.9 Å². The number of carbonyl (C=O) groups excluding carboxylic acids is 1. The number of esters is 1. The number of carbonyl (C=O) groups is 1. The fraction of sp³-hybridized carbons (Fsp3) is 0.200. The van der Waals surface area contributed by atoms with Gasteiger partial charge in [-0.25, -0.2) is 4.79 Å². The van der Waals surface area contributed by atoms with Gasteiger partial charge in [0.1, 0.15) is 6.04 Å². The van der Waals surface area contributed by atoms with Crippen LogP contribution in [0.3, 0.4) is 0 Å². The number of anilines is 1. The molecular weight excluding hydrogens is 240 g/mol. The fourth-order valence-electron chi connectivity index (χ4n) is 1.83. The second kappa shape index (κ2) is 6.54. The van der Waals surface area contributed by atoms with Crippen LogP contribution in [0, 0.1) is 0 Å². The number of nitrogens with zero attached hydrogens (tertiary/aromatic N) is 1. The number of rotatable bonds is 5. The van der Waals surface area contributed by atoms with Gasteiger partial charge in [0.15, 0.2) is 0 Å². The van der Waals surface area contributed by atoms with E-state index >= 15 is 0 Å². The van der Waals surface area contributed by atoms with E-state index in [1.807, 2.05) is 42.5 Å². The van der Waals surface area contributed by atoms with Crippen LogP contribution in [0.2, 0.25) is 0 Å². The molecule has 98 valence electrons. The molecule has 4 heteroatoms. The molecule has 1 heterocycles. The van der Waals surface area contributed by atoms with Gasteiger partial charge in [-0.1, -0.05) is 30.3 Å².